The van der Waals surface area contributed by atoms with Gasteiger partial charge in [0.15, 0.2) is 0 Å². The molecule has 0 unspecified atom stereocenters. The van der Waals surface area contributed by atoms with Crippen molar-refractivity contribution in [1.29, 1.82) is 0 Å². The van der Waals surface area contributed by atoms with Crippen LogP contribution in [0.15, 0.2) is 6.33 Å². The molecule has 1 saturated heterocycles. The maximum absolute atomic E-state index is 12.4. The van der Waals surface area contributed by atoms with E-state index in [0.717, 1.165) is 24.4 Å². The minimum Gasteiger partial charge on any atom is -0.378 e. The molecular formula is C12H18N4O2. The van der Waals surface area contributed by atoms with Crippen molar-refractivity contribution in [3.05, 3.63) is 17.7 Å². The summed E-state index contributed by atoms with van der Waals surface area (Å²) in [6.45, 7) is 4.14. The number of aryl methyl sites for hydroxylation is 1. The van der Waals surface area contributed by atoms with Gasteiger partial charge in [0.05, 0.1) is 37.5 Å². The molecule has 18 heavy (non-hydrogen) atoms. The third kappa shape index (κ3) is 1.96. The van der Waals surface area contributed by atoms with Gasteiger partial charge >= 0.3 is 6.03 Å². The van der Waals surface area contributed by atoms with Crippen molar-refractivity contribution in [1.82, 2.24) is 19.4 Å². The van der Waals surface area contributed by atoms with E-state index in [1.54, 1.807) is 0 Å². The zero-order valence-electron chi connectivity index (χ0n) is 10.6. The van der Waals surface area contributed by atoms with Crippen LogP contribution in [0.4, 0.5) is 4.79 Å². The van der Waals surface area contributed by atoms with Gasteiger partial charge in [-0.15, -0.1) is 0 Å². The molecule has 3 rings (SSSR count). The molecule has 0 atom stereocenters. The monoisotopic (exact) mass is 250 g/mol. The maximum atomic E-state index is 12.4. The topological polar surface area (TPSA) is 50.6 Å². The molecule has 0 saturated carbocycles. The Balaban J connectivity index is 1.71. The van der Waals surface area contributed by atoms with E-state index >= 15 is 0 Å². The van der Waals surface area contributed by atoms with Crippen molar-refractivity contribution in [3.63, 3.8) is 0 Å². The Hall–Kier alpha value is -1.56. The molecule has 2 aliphatic rings. The Morgan fingerprint density at radius 2 is 2.06 bits per heavy atom. The standard InChI is InChI=1S/C12H18N4O2/c1-14-9-13-10-2-3-16(8-11(10)14)12(17)15-4-6-18-7-5-15/h9H,2-8H2,1H3. The van der Waals surface area contributed by atoms with Gasteiger partial charge in [-0.3, -0.25) is 0 Å². The second-order valence-electron chi connectivity index (χ2n) is 4.80. The quantitative estimate of drug-likeness (QED) is 0.662. The highest BCUT2D eigenvalue weighted by Crippen LogP contribution is 2.18. The molecule has 2 amide bonds. The smallest absolute Gasteiger partial charge is 0.320 e. The van der Waals surface area contributed by atoms with E-state index in [0.29, 0.717) is 32.8 Å². The third-order valence-corrected chi connectivity index (χ3v) is 3.66. The molecule has 0 N–H and O–H groups in total. The van der Waals surface area contributed by atoms with Crippen LogP contribution in [0.3, 0.4) is 0 Å². The second kappa shape index (κ2) is 4.61. The molecule has 3 heterocycles. The zero-order chi connectivity index (χ0) is 12.5. The summed E-state index contributed by atoms with van der Waals surface area (Å²) in [5, 5.41) is 0. The Morgan fingerprint density at radius 3 is 2.83 bits per heavy atom. The normalized spacial score (nSPS) is 19.8. The fourth-order valence-electron chi connectivity index (χ4n) is 2.53. The number of imidazole rings is 1. The first-order valence-electron chi connectivity index (χ1n) is 6.36. The fourth-order valence-corrected chi connectivity index (χ4v) is 2.53. The molecule has 6 nitrogen and oxygen atoms in total. The average Bonchev–Trinajstić information content (AvgIpc) is 2.80. The SMILES string of the molecule is Cn1cnc2c1CN(C(=O)N1CCOCC1)CC2. The van der Waals surface area contributed by atoms with Crippen molar-refractivity contribution in [2.24, 2.45) is 7.05 Å². The highest BCUT2D eigenvalue weighted by Gasteiger charge is 2.27. The van der Waals surface area contributed by atoms with Gasteiger partial charge < -0.3 is 19.1 Å². The van der Waals surface area contributed by atoms with Crippen LogP contribution in [0.5, 0.6) is 0 Å². The number of carbonyl (C=O) groups excluding carboxylic acids is 1. The number of morpholine rings is 1. The molecule has 0 spiro atoms. The molecule has 1 fully saturated rings. The lowest BCUT2D eigenvalue weighted by Gasteiger charge is -2.34. The van der Waals surface area contributed by atoms with Crippen molar-refractivity contribution in [3.8, 4) is 0 Å². The van der Waals surface area contributed by atoms with Crippen molar-refractivity contribution in [2.45, 2.75) is 13.0 Å². The Kier molecular flexibility index (Phi) is 2.95. The van der Waals surface area contributed by atoms with E-state index in [1.165, 1.54) is 0 Å². The molecule has 0 bridgehead atoms. The highest BCUT2D eigenvalue weighted by molar-refractivity contribution is 5.74. The summed E-state index contributed by atoms with van der Waals surface area (Å²) in [5.41, 5.74) is 2.28. The summed E-state index contributed by atoms with van der Waals surface area (Å²) >= 11 is 0. The van der Waals surface area contributed by atoms with Gasteiger partial charge in [-0.1, -0.05) is 0 Å². The minimum atomic E-state index is 0.130. The Morgan fingerprint density at radius 1 is 1.28 bits per heavy atom. The predicted molar refractivity (Wildman–Crippen MR) is 65.1 cm³/mol. The number of carbonyl (C=O) groups is 1. The number of fused-ring (bicyclic) bond motifs is 1. The van der Waals surface area contributed by atoms with E-state index in [2.05, 4.69) is 4.98 Å². The molecule has 1 aromatic rings. The van der Waals surface area contributed by atoms with E-state index in [-0.39, 0.29) is 6.03 Å². The van der Waals surface area contributed by atoms with Crippen LogP contribution in [-0.4, -0.2) is 58.2 Å². The molecule has 1 aromatic heterocycles. The maximum Gasteiger partial charge on any atom is 0.320 e. The number of ether oxygens (including phenoxy) is 1. The first-order valence-corrected chi connectivity index (χ1v) is 6.36. The molecule has 2 aliphatic heterocycles. The van der Waals surface area contributed by atoms with E-state index < -0.39 is 0 Å². The molecular weight excluding hydrogens is 232 g/mol. The molecule has 6 heteroatoms. The van der Waals surface area contributed by atoms with Crippen LogP contribution < -0.4 is 0 Å². The second-order valence-corrected chi connectivity index (χ2v) is 4.80. The number of nitrogens with zero attached hydrogens (tertiary/aromatic N) is 4. The van der Waals surface area contributed by atoms with Crippen molar-refractivity contribution in [2.75, 3.05) is 32.8 Å². The summed E-state index contributed by atoms with van der Waals surface area (Å²) in [7, 11) is 1.98. The van der Waals surface area contributed by atoms with Gasteiger partial charge in [0.1, 0.15) is 0 Å². The number of urea groups is 1. The summed E-state index contributed by atoms with van der Waals surface area (Å²) in [6, 6.07) is 0.130. The Bertz CT molecular complexity index is 451. The largest absolute Gasteiger partial charge is 0.378 e. The van der Waals surface area contributed by atoms with Crippen LogP contribution in [0.1, 0.15) is 11.4 Å². The number of aromatic nitrogens is 2. The lowest BCUT2D eigenvalue weighted by molar-refractivity contribution is 0.0419. The number of rotatable bonds is 0. The van der Waals surface area contributed by atoms with Crippen LogP contribution in [0, 0.1) is 0 Å². The van der Waals surface area contributed by atoms with E-state index in [1.807, 2.05) is 27.7 Å². The molecule has 98 valence electrons. The number of hydrogen-bond donors (Lipinski definition) is 0. The lowest BCUT2D eigenvalue weighted by atomic mass is 10.1. The Labute approximate surface area is 106 Å². The van der Waals surface area contributed by atoms with Gasteiger partial charge in [-0.2, -0.15) is 0 Å². The third-order valence-electron chi connectivity index (χ3n) is 3.66. The zero-order valence-corrected chi connectivity index (χ0v) is 10.6. The van der Waals surface area contributed by atoms with Gasteiger partial charge in [-0.25, -0.2) is 9.78 Å². The minimum absolute atomic E-state index is 0.130. The predicted octanol–water partition coefficient (Wildman–Crippen LogP) is 0.230. The number of amides is 2. The first kappa shape index (κ1) is 11.5. The number of hydrogen-bond acceptors (Lipinski definition) is 3. The van der Waals surface area contributed by atoms with Crippen LogP contribution in [0.2, 0.25) is 0 Å². The van der Waals surface area contributed by atoms with Crippen LogP contribution in [-0.2, 0) is 24.8 Å². The summed E-state index contributed by atoms with van der Waals surface area (Å²) < 4.78 is 7.28. The molecule has 0 aliphatic carbocycles. The fraction of sp³-hybridized carbons (Fsp3) is 0.667. The van der Waals surface area contributed by atoms with Gasteiger partial charge in [0, 0.05) is 33.1 Å². The van der Waals surface area contributed by atoms with Gasteiger partial charge in [0.25, 0.3) is 0 Å². The highest BCUT2D eigenvalue weighted by atomic mass is 16.5. The molecule has 0 aromatic carbocycles. The van der Waals surface area contributed by atoms with Crippen LogP contribution in [0.25, 0.3) is 0 Å². The summed E-state index contributed by atoms with van der Waals surface area (Å²) in [6.07, 6.45) is 2.68. The van der Waals surface area contributed by atoms with Gasteiger partial charge in [-0.05, 0) is 0 Å². The summed E-state index contributed by atoms with van der Waals surface area (Å²) in [4.78, 5) is 20.5. The average molecular weight is 250 g/mol. The van der Waals surface area contributed by atoms with Crippen LogP contribution >= 0.6 is 0 Å². The van der Waals surface area contributed by atoms with E-state index in [4.69, 9.17) is 4.74 Å². The molecule has 0 radical (unpaired) electrons. The van der Waals surface area contributed by atoms with Crippen molar-refractivity contribution >= 4 is 6.03 Å². The lowest BCUT2D eigenvalue weighted by Crippen LogP contribution is -2.49. The first-order chi connectivity index (χ1) is 8.75. The summed E-state index contributed by atoms with van der Waals surface area (Å²) in [5.74, 6) is 0. The van der Waals surface area contributed by atoms with Crippen molar-refractivity contribution < 1.29 is 9.53 Å². The van der Waals surface area contributed by atoms with Gasteiger partial charge in [0.2, 0.25) is 0 Å². The van der Waals surface area contributed by atoms with E-state index in [9.17, 15) is 4.79 Å².